The molecule has 0 unspecified atom stereocenters. The number of piperidine rings is 2. The molecule has 2 fully saturated rings. The Morgan fingerprint density at radius 2 is 1.84 bits per heavy atom. The summed E-state index contributed by atoms with van der Waals surface area (Å²) in [5.74, 6) is 0.184. The molecule has 0 bridgehead atoms. The molecule has 6 nitrogen and oxygen atoms in total. The van der Waals surface area contributed by atoms with E-state index < -0.39 is 0 Å². The molecule has 2 saturated heterocycles. The van der Waals surface area contributed by atoms with E-state index in [-0.39, 0.29) is 23.1 Å². The van der Waals surface area contributed by atoms with Crippen molar-refractivity contribution in [2.45, 2.75) is 58.5 Å². The van der Waals surface area contributed by atoms with Crippen molar-refractivity contribution in [3.05, 3.63) is 46.2 Å². The second-order valence-corrected chi connectivity index (χ2v) is 9.49. The van der Waals surface area contributed by atoms with Gasteiger partial charge in [0.15, 0.2) is 5.78 Å². The van der Waals surface area contributed by atoms with Crippen LogP contribution in [0.2, 0.25) is 0 Å². The van der Waals surface area contributed by atoms with Crippen molar-refractivity contribution in [3.63, 3.8) is 0 Å². The van der Waals surface area contributed by atoms with Crippen molar-refractivity contribution in [1.29, 1.82) is 0 Å². The lowest BCUT2D eigenvalue weighted by molar-refractivity contribution is -0.147. The van der Waals surface area contributed by atoms with E-state index in [9.17, 15) is 14.4 Å². The Hall–Kier alpha value is -2.47. The first kappa shape index (κ1) is 20.4. The number of rotatable bonds is 4. The van der Waals surface area contributed by atoms with Crippen LogP contribution < -0.4 is 0 Å². The first-order valence-corrected chi connectivity index (χ1v) is 11.5. The molecular weight excluding hydrogens is 392 g/mol. The second-order valence-electron chi connectivity index (χ2n) is 9.49. The molecule has 0 N–H and O–H groups in total. The number of cyclic esters (lactones) is 1. The number of fused-ring (bicyclic) bond motifs is 1. The summed E-state index contributed by atoms with van der Waals surface area (Å²) in [6.45, 7) is 6.06. The summed E-state index contributed by atoms with van der Waals surface area (Å²) < 4.78 is 5.17. The SMILES string of the molecule is Cc1c(CCN2CCC3(CCCN(C4=CC(=O)CC4)C3=O)CC2)ccc2c1COC2=O. The van der Waals surface area contributed by atoms with Crippen molar-refractivity contribution in [2.75, 3.05) is 26.2 Å². The molecule has 31 heavy (non-hydrogen) atoms. The van der Waals surface area contributed by atoms with Crippen LogP contribution in [-0.4, -0.2) is 53.6 Å². The molecule has 0 aromatic heterocycles. The monoisotopic (exact) mass is 422 g/mol. The highest BCUT2D eigenvalue weighted by Crippen LogP contribution is 2.43. The van der Waals surface area contributed by atoms with Crippen LogP contribution in [0.5, 0.6) is 0 Å². The highest BCUT2D eigenvalue weighted by molar-refractivity contribution is 5.95. The summed E-state index contributed by atoms with van der Waals surface area (Å²) in [5, 5.41) is 0. The predicted octanol–water partition coefficient (Wildman–Crippen LogP) is 3.16. The number of likely N-dealkylation sites (tertiary alicyclic amines) is 2. The van der Waals surface area contributed by atoms with E-state index in [2.05, 4.69) is 17.9 Å². The molecule has 4 aliphatic rings. The molecule has 164 valence electrons. The number of benzene rings is 1. The summed E-state index contributed by atoms with van der Waals surface area (Å²) in [6, 6.07) is 3.96. The topological polar surface area (TPSA) is 66.9 Å². The van der Waals surface area contributed by atoms with Crippen LogP contribution in [0.25, 0.3) is 0 Å². The number of carbonyl (C=O) groups is 3. The Morgan fingerprint density at radius 1 is 1.03 bits per heavy atom. The molecule has 0 atom stereocenters. The van der Waals surface area contributed by atoms with E-state index in [0.717, 1.165) is 69.5 Å². The highest BCUT2D eigenvalue weighted by atomic mass is 16.5. The molecule has 5 rings (SSSR count). The number of amides is 1. The summed E-state index contributed by atoms with van der Waals surface area (Å²) in [7, 11) is 0. The van der Waals surface area contributed by atoms with Crippen LogP contribution in [-0.2, 0) is 27.4 Å². The van der Waals surface area contributed by atoms with Crippen molar-refractivity contribution >= 4 is 17.7 Å². The molecule has 1 aromatic carbocycles. The van der Waals surface area contributed by atoms with Gasteiger partial charge in [-0.2, -0.15) is 0 Å². The second kappa shape index (κ2) is 7.90. The number of ketones is 1. The van der Waals surface area contributed by atoms with Crippen molar-refractivity contribution in [1.82, 2.24) is 9.80 Å². The van der Waals surface area contributed by atoms with Crippen LogP contribution >= 0.6 is 0 Å². The van der Waals surface area contributed by atoms with E-state index in [1.165, 1.54) is 11.1 Å². The van der Waals surface area contributed by atoms with Gasteiger partial charge in [0.25, 0.3) is 0 Å². The average molecular weight is 423 g/mol. The molecule has 6 heteroatoms. The minimum absolute atomic E-state index is 0.148. The van der Waals surface area contributed by atoms with E-state index in [0.29, 0.717) is 25.0 Å². The van der Waals surface area contributed by atoms with Gasteiger partial charge < -0.3 is 14.5 Å². The molecule has 3 heterocycles. The largest absolute Gasteiger partial charge is 0.457 e. The lowest BCUT2D eigenvalue weighted by Gasteiger charge is -2.46. The Balaban J connectivity index is 1.20. The number of allylic oxidation sites excluding steroid dienone is 2. The van der Waals surface area contributed by atoms with Gasteiger partial charge in [-0.3, -0.25) is 9.59 Å². The van der Waals surface area contributed by atoms with Gasteiger partial charge in [-0.05, 0) is 75.7 Å². The Morgan fingerprint density at radius 3 is 2.58 bits per heavy atom. The Kier molecular flexibility index (Phi) is 5.21. The fourth-order valence-electron chi connectivity index (χ4n) is 5.75. The molecule has 1 aromatic rings. The van der Waals surface area contributed by atoms with E-state index in [1.807, 2.05) is 11.0 Å². The zero-order chi connectivity index (χ0) is 21.6. The van der Waals surface area contributed by atoms with Crippen LogP contribution in [0.3, 0.4) is 0 Å². The van der Waals surface area contributed by atoms with Gasteiger partial charge >= 0.3 is 5.97 Å². The van der Waals surface area contributed by atoms with Crippen LogP contribution in [0.4, 0.5) is 0 Å². The third kappa shape index (κ3) is 3.61. The molecule has 0 saturated carbocycles. The summed E-state index contributed by atoms with van der Waals surface area (Å²) in [6.07, 6.45) is 7.66. The maximum atomic E-state index is 13.4. The van der Waals surface area contributed by atoms with Crippen molar-refractivity contribution in [3.8, 4) is 0 Å². The van der Waals surface area contributed by atoms with Crippen LogP contribution in [0.1, 0.15) is 65.6 Å². The molecule has 1 aliphatic carbocycles. The number of ether oxygens (including phenoxy) is 1. The van der Waals surface area contributed by atoms with Gasteiger partial charge in [-0.15, -0.1) is 0 Å². The smallest absolute Gasteiger partial charge is 0.338 e. The fourth-order valence-corrected chi connectivity index (χ4v) is 5.75. The van der Waals surface area contributed by atoms with E-state index >= 15 is 0 Å². The van der Waals surface area contributed by atoms with E-state index in [4.69, 9.17) is 4.74 Å². The normalized spacial score (nSPS) is 23.3. The number of esters is 1. The third-order valence-corrected chi connectivity index (χ3v) is 7.83. The Bertz CT molecular complexity index is 972. The Labute approximate surface area is 183 Å². The number of nitrogens with zero attached hydrogens (tertiary/aromatic N) is 2. The third-order valence-electron chi connectivity index (χ3n) is 7.83. The maximum Gasteiger partial charge on any atom is 0.338 e. The number of hydrogen-bond donors (Lipinski definition) is 0. The van der Waals surface area contributed by atoms with Gasteiger partial charge in [-0.25, -0.2) is 4.79 Å². The lowest BCUT2D eigenvalue weighted by atomic mass is 9.71. The zero-order valence-corrected chi connectivity index (χ0v) is 18.2. The number of hydrogen-bond acceptors (Lipinski definition) is 5. The average Bonchev–Trinajstić information content (AvgIpc) is 3.37. The first-order valence-electron chi connectivity index (χ1n) is 11.5. The predicted molar refractivity (Wildman–Crippen MR) is 115 cm³/mol. The van der Waals surface area contributed by atoms with Gasteiger partial charge in [0.2, 0.25) is 5.91 Å². The molecule has 1 spiro atoms. The highest BCUT2D eigenvalue weighted by Gasteiger charge is 2.46. The van der Waals surface area contributed by atoms with Crippen molar-refractivity contribution in [2.24, 2.45) is 5.41 Å². The number of carbonyl (C=O) groups excluding carboxylic acids is 3. The van der Waals surface area contributed by atoms with E-state index in [1.54, 1.807) is 6.08 Å². The first-order chi connectivity index (χ1) is 15.0. The minimum Gasteiger partial charge on any atom is -0.457 e. The van der Waals surface area contributed by atoms with Crippen LogP contribution in [0.15, 0.2) is 23.9 Å². The molecular formula is C25H30N2O4. The van der Waals surface area contributed by atoms with Crippen LogP contribution in [0, 0.1) is 12.3 Å². The van der Waals surface area contributed by atoms with Gasteiger partial charge in [-0.1, -0.05) is 6.07 Å². The summed E-state index contributed by atoms with van der Waals surface area (Å²) in [4.78, 5) is 41.2. The molecule has 3 aliphatic heterocycles. The standard InChI is InChI=1S/C25H30N2O4/c1-17-18(3-6-21-22(17)16-31-23(21)29)7-12-26-13-9-25(10-14-26)8-2-11-27(24(25)30)19-4-5-20(28)15-19/h3,6,15H,2,4-5,7-14,16H2,1H3. The van der Waals surface area contributed by atoms with Gasteiger partial charge in [0.1, 0.15) is 6.61 Å². The summed E-state index contributed by atoms with van der Waals surface area (Å²) >= 11 is 0. The van der Waals surface area contributed by atoms with Gasteiger partial charge in [0.05, 0.1) is 11.0 Å². The minimum atomic E-state index is -0.248. The molecule has 0 radical (unpaired) electrons. The quantitative estimate of drug-likeness (QED) is 0.698. The van der Waals surface area contributed by atoms with Gasteiger partial charge in [0, 0.05) is 36.8 Å². The lowest BCUT2D eigenvalue weighted by Crippen LogP contribution is -2.53. The maximum absolute atomic E-state index is 13.4. The fraction of sp³-hybridized carbons (Fsp3) is 0.560. The molecule has 1 amide bonds. The summed E-state index contributed by atoms with van der Waals surface area (Å²) in [5.41, 5.74) is 4.88. The zero-order valence-electron chi connectivity index (χ0n) is 18.2. The van der Waals surface area contributed by atoms with Crippen molar-refractivity contribution < 1.29 is 19.1 Å².